The van der Waals surface area contributed by atoms with Gasteiger partial charge in [0.15, 0.2) is 0 Å². The van der Waals surface area contributed by atoms with E-state index in [1.807, 2.05) is 29.0 Å². The third-order valence-electron chi connectivity index (χ3n) is 4.12. The highest BCUT2D eigenvalue weighted by Gasteiger charge is 2.07. The minimum absolute atomic E-state index is 0.146. The molecule has 0 saturated heterocycles. The van der Waals surface area contributed by atoms with Crippen LogP contribution in [0, 0.1) is 0 Å². The van der Waals surface area contributed by atoms with E-state index in [1.165, 1.54) is 16.6 Å². The zero-order valence-corrected chi connectivity index (χ0v) is 14.4. The molecule has 0 spiro atoms. The third-order valence-corrected chi connectivity index (χ3v) is 4.12. The summed E-state index contributed by atoms with van der Waals surface area (Å²) >= 11 is 0. The van der Waals surface area contributed by atoms with Crippen LogP contribution in [0.3, 0.4) is 0 Å². The smallest absolute Gasteiger partial charge is 0.251 e. The number of aromatic nitrogens is 6. The summed E-state index contributed by atoms with van der Waals surface area (Å²) < 4.78 is 3.52. The monoisotopic (exact) mass is 359 g/mol. The molecule has 0 atom stereocenters. The Morgan fingerprint density at radius 3 is 2.63 bits per heavy atom. The molecule has 8 heteroatoms. The zero-order chi connectivity index (χ0) is 18.5. The number of hydrogen-bond acceptors (Lipinski definition) is 5. The van der Waals surface area contributed by atoms with Gasteiger partial charge in [0.25, 0.3) is 5.91 Å². The molecule has 0 unspecified atom stereocenters. The van der Waals surface area contributed by atoms with E-state index < -0.39 is 0 Å². The molecule has 0 saturated carbocycles. The normalized spacial score (nSPS) is 10.7. The highest BCUT2D eigenvalue weighted by atomic mass is 16.1. The van der Waals surface area contributed by atoms with Gasteiger partial charge in [0.05, 0.1) is 12.0 Å². The minimum atomic E-state index is -0.146. The number of benzene rings is 2. The average molecular weight is 359 g/mol. The predicted octanol–water partition coefficient (Wildman–Crippen LogP) is 1.84. The Morgan fingerprint density at radius 2 is 1.89 bits per heavy atom. The van der Waals surface area contributed by atoms with Gasteiger partial charge in [-0.1, -0.05) is 30.3 Å². The standard InChI is InChI=1S/C19H17N7O/c27-19(17-2-1-3-18(10-17)26-14-22-23-24-26)21-11-15-4-6-16(7-5-15)12-25-9-8-20-13-25/h1-10,13-14H,11-12H2,(H,21,27). The van der Waals surface area contributed by atoms with Crippen molar-refractivity contribution in [1.82, 2.24) is 35.1 Å². The zero-order valence-electron chi connectivity index (χ0n) is 14.4. The molecule has 0 bridgehead atoms. The van der Waals surface area contributed by atoms with Gasteiger partial charge in [-0.25, -0.2) is 9.67 Å². The number of imidazole rings is 1. The molecule has 134 valence electrons. The molecular weight excluding hydrogens is 342 g/mol. The van der Waals surface area contributed by atoms with Crippen molar-refractivity contribution in [2.75, 3.05) is 0 Å². The number of nitrogens with one attached hydrogen (secondary N) is 1. The Bertz CT molecular complexity index is 1010. The van der Waals surface area contributed by atoms with Gasteiger partial charge in [-0.05, 0) is 39.8 Å². The van der Waals surface area contributed by atoms with E-state index in [-0.39, 0.29) is 5.91 Å². The summed E-state index contributed by atoms with van der Waals surface area (Å²) in [7, 11) is 0. The van der Waals surface area contributed by atoms with Crippen LogP contribution in [0.2, 0.25) is 0 Å². The maximum Gasteiger partial charge on any atom is 0.251 e. The van der Waals surface area contributed by atoms with Crippen LogP contribution < -0.4 is 5.32 Å². The number of tetrazole rings is 1. The number of amides is 1. The van der Waals surface area contributed by atoms with Gasteiger partial charge in [0.1, 0.15) is 6.33 Å². The van der Waals surface area contributed by atoms with Gasteiger partial charge in [-0.2, -0.15) is 0 Å². The Morgan fingerprint density at radius 1 is 1.04 bits per heavy atom. The Balaban J connectivity index is 1.37. The molecule has 1 amide bonds. The molecule has 1 N–H and O–H groups in total. The minimum Gasteiger partial charge on any atom is -0.348 e. The fourth-order valence-electron chi connectivity index (χ4n) is 2.71. The first-order chi connectivity index (χ1) is 13.3. The van der Waals surface area contributed by atoms with Crippen molar-refractivity contribution >= 4 is 5.91 Å². The lowest BCUT2D eigenvalue weighted by molar-refractivity contribution is 0.0951. The van der Waals surface area contributed by atoms with Crippen LogP contribution >= 0.6 is 0 Å². The van der Waals surface area contributed by atoms with Crippen LogP contribution in [0.25, 0.3) is 5.69 Å². The molecule has 0 aliphatic rings. The summed E-state index contributed by atoms with van der Waals surface area (Å²) in [6.07, 6.45) is 6.97. The second-order valence-corrected chi connectivity index (χ2v) is 6.04. The molecule has 4 aromatic rings. The van der Waals surface area contributed by atoms with Gasteiger partial charge >= 0.3 is 0 Å². The maximum atomic E-state index is 12.4. The first-order valence-electron chi connectivity index (χ1n) is 8.43. The van der Waals surface area contributed by atoms with Crippen LogP contribution in [0.1, 0.15) is 21.5 Å². The molecule has 4 rings (SSSR count). The van der Waals surface area contributed by atoms with Crippen LogP contribution in [0.5, 0.6) is 0 Å². The Hall–Kier alpha value is -3.81. The van der Waals surface area contributed by atoms with E-state index in [4.69, 9.17) is 0 Å². The Kier molecular flexibility index (Phi) is 4.69. The van der Waals surface area contributed by atoms with Crippen molar-refractivity contribution in [1.29, 1.82) is 0 Å². The topological polar surface area (TPSA) is 90.5 Å². The fraction of sp³-hybridized carbons (Fsp3) is 0.105. The second kappa shape index (κ2) is 7.61. The van der Waals surface area contributed by atoms with E-state index in [0.717, 1.165) is 17.8 Å². The van der Waals surface area contributed by atoms with E-state index in [1.54, 1.807) is 30.7 Å². The van der Waals surface area contributed by atoms with E-state index in [0.29, 0.717) is 12.1 Å². The number of carbonyl (C=O) groups is 1. The summed E-state index contributed by atoms with van der Waals surface area (Å²) in [6, 6.07) is 15.3. The molecule has 2 aromatic heterocycles. The number of carbonyl (C=O) groups excluding carboxylic acids is 1. The molecule has 0 radical (unpaired) electrons. The van der Waals surface area contributed by atoms with Crippen molar-refractivity contribution in [3.8, 4) is 5.69 Å². The van der Waals surface area contributed by atoms with Gasteiger partial charge < -0.3 is 9.88 Å². The summed E-state index contributed by atoms with van der Waals surface area (Å²) in [6.45, 7) is 1.23. The first-order valence-corrected chi connectivity index (χ1v) is 8.43. The summed E-state index contributed by atoms with van der Waals surface area (Å²) in [4.78, 5) is 16.5. The quantitative estimate of drug-likeness (QED) is 0.567. The highest BCUT2D eigenvalue weighted by Crippen LogP contribution is 2.10. The molecular formula is C19H17N7O. The summed E-state index contributed by atoms with van der Waals surface area (Å²) in [5.74, 6) is -0.146. The number of nitrogens with zero attached hydrogens (tertiary/aromatic N) is 6. The van der Waals surface area contributed by atoms with Crippen LogP contribution in [0.15, 0.2) is 73.6 Å². The molecule has 0 aliphatic carbocycles. The molecule has 0 fully saturated rings. The molecule has 2 heterocycles. The molecule has 2 aromatic carbocycles. The van der Waals surface area contributed by atoms with E-state index in [9.17, 15) is 4.79 Å². The van der Waals surface area contributed by atoms with Crippen molar-refractivity contribution < 1.29 is 4.79 Å². The lowest BCUT2D eigenvalue weighted by Crippen LogP contribution is -2.22. The van der Waals surface area contributed by atoms with E-state index >= 15 is 0 Å². The molecule has 0 aliphatic heterocycles. The van der Waals surface area contributed by atoms with Crippen molar-refractivity contribution in [3.63, 3.8) is 0 Å². The predicted molar refractivity (Wildman–Crippen MR) is 98.1 cm³/mol. The summed E-state index contributed by atoms with van der Waals surface area (Å²) in [5, 5.41) is 14.0. The van der Waals surface area contributed by atoms with Gasteiger partial charge in [-0.3, -0.25) is 4.79 Å². The van der Waals surface area contributed by atoms with Crippen molar-refractivity contribution in [3.05, 3.63) is 90.3 Å². The van der Waals surface area contributed by atoms with Crippen molar-refractivity contribution in [2.45, 2.75) is 13.1 Å². The van der Waals surface area contributed by atoms with Gasteiger partial charge in [-0.15, -0.1) is 5.10 Å². The first kappa shape index (κ1) is 16.6. The largest absolute Gasteiger partial charge is 0.348 e. The van der Waals surface area contributed by atoms with Crippen LogP contribution in [0.4, 0.5) is 0 Å². The maximum absolute atomic E-state index is 12.4. The van der Waals surface area contributed by atoms with Gasteiger partial charge in [0.2, 0.25) is 0 Å². The molecule has 27 heavy (non-hydrogen) atoms. The SMILES string of the molecule is O=C(NCc1ccc(Cn2ccnc2)cc1)c1cccc(-n2cnnn2)c1. The fourth-order valence-corrected chi connectivity index (χ4v) is 2.71. The number of rotatable bonds is 6. The Labute approximate surface area is 155 Å². The van der Waals surface area contributed by atoms with Crippen LogP contribution in [-0.2, 0) is 13.1 Å². The highest BCUT2D eigenvalue weighted by molar-refractivity contribution is 5.94. The van der Waals surface area contributed by atoms with Gasteiger partial charge in [0, 0.05) is 31.0 Å². The second-order valence-electron chi connectivity index (χ2n) is 6.04. The van der Waals surface area contributed by atoms with Crippen molar-refractivity contribution in [2.24, 2.45) is 0 Å². The number of hydrogen-bond donors (Lipinski definition) is 1. The molecule has 8 nitrogen and oxygen atoms in total. The van der Waals surface area contributed by atoms with E-state index in [2.05, 4.69) is 38.0 Å². The average Bonchev–Trinajstić information content (AvgIpc) is 3.41. The van der Waals surface area contributed by atoms with Crippen LogP contribution in [-0.4, -0.2) is 35.7 Å². The summed E-state index contributed by atoms with van der Waals surface area (Å²) in [5.41, 5.74) is 3.50. The lowest BCUT2D eigenvalue weighted by atomic mass is 10.1. The lowest BCUT2D eigenvalue weighted by Gasteiger charge is -2.08. The third kappa shape index (κ3) is 4.06.